The molecular weight excluding hydrogens is 374 g/mol. The van der Waals surface area contributed by atoms with E-state index in [-0.39, 0.29) is 11.9 Å². The lowest BCUT2D eigenvalue weighted by molar-refractivity contribution is -0.121. The zero-order valence-electron chi connectivity index (χ0n) is 16.1. The number of nitrogens with zero attached hydrogens (tertiary/aromatic N) is 2. The molecule has 1 atom stereocenters. The Bertz CT molecular complexity index is 925. The van der Waals surface area contributed by atoms with Gasteiger partial charge in [-0.15, -0.1) is 0 Å². The topological polar surface area (TPSA) is 56.1 Å². The molecule has 146 valence electrons. The van der Waals surface area contributed by atoms with Crippen molar-refractivity contribution >= 4 is 17.5 Å². The lowest BCUT2D eigenvalue weighted by Gasteiger charge is -2.19. The molecule has 0 saturated carbocycles. The van der Waals surface area contributed by atoms with Crippen LogP contribution in [0.1, 0.15) is 35.8 Å². The van der Waals surface area contributed by atoms with Crippen LogP contribution in [0, 0.1) is 6.92 Å². The Balaban J connectivity index is 1.55. The van der Waals surface area contributed by atoms with Crippen molar-refractivity contribution in [2.45, 2.75) is 25.8 Å². The number of ether oxygens (including phenoxy) is 1. The minimum absolute atomic E-state index is 0.0345. The van der Waals surface area contributed by atoms with Crippen LogP contribution in [0.25, 0.3) is 0 Å². The fourth-order valence-electron chi connectivity index (χ4n) is 2.96. The third-order valence-corrected chi connectivity index (χ3v) is 4.93. The van der Waals surface area contributed by atoms with Crippen molar-refractivity contribution in [2.24, 2.45) is 7.05 Å². The molecule has 0 bridgehead atoms. The lowest BCUT2D eigenvalue weighted by atomic mass is 10.1. The zero-order chi connectivity index (χ0) is 19.9. The Kier molecular flexibility index (Phi) is 6.71. The first-order chi connectivity index (χ1) is 13.5. The number of carbonyl (C=O) groups is 1. The largest absolute Gasteiger partial charge is 0.494 e. The van der Waals surface area contributed by atoms with Crippen molar-refractivity contribution in [1.82, 2.24) is 14.9 Å². The van der Waals surface area contributed by atoms with E-state index in [1.807, 2.05) is 73.3 Å². The van der Waals surface area contributed by atoms with E-state index in [0.717, 1.165) is 22.7 Å². The molecule has 0 aliphatic rings. The third kappa shape index (κ3) is 5.14. The van der Waals surface area contributed by atoms with E-state index in [1.54, 1.807) is 6.20 Å². The quantitative estimate of drug-likeness (QED) is 0.571. The molecule has 0 radical (unpaired) electrons. The molecule has 2 aromatic carbocycles. The summed E-state index contributed by atoms with van der Waals surface area (Å²) >= 11 is 6.02. The van der Waals surface area contributed by atoms with Gasteiger partial charge in [0.05, 0.1) is 6.61 Å². The predicted octanol–water partition coefficient (Wildman–Crippen LogP) is 4.45. The van der Waals surface area contributed by atoms with Gasteiger partial charge >= 0.3 is 0 Å². The van der Waals surface area contributed by atoms with Gasteiger partial charge in [-0.05, 0) is 42.7 Å². The molecule has 0 aliphatic carbocycles. The fourth-order valence-corrected chi connectivity index (χ4v) is 3.08. The smallest absolute Gasteiger partial charge is 0.220 e. The number of halogens is 1. The molecule has 3 aromatic rings. The average Bonchev–Trinajstić information content (AvgIpc) is 3.12. The number of aromatic nitrogens is 2. The lowest BCUT2D eigenvalue weighted by Crippen LogP contribution is -2.31. The maximum atomic E-state index is 12.5. The number of rotatable bonds is 8. The summed E-state index contributed by atoms with van der Waals surface area (Å²) in [5, 5.41) is 3.81. The maximum absolute atomic E-state index is 12.5. The molecule has 6 heteroatoms. The molecule has 3 rings (SSSR count). The Morgan fingerprint density at radius 1 is 1.25 bits per heavy atom. The van der Waals surface area contributed by atoms with Crippen LogP contribution < -0.4 is 10.1 Å². The summed E-state index contributed by atoms with van der Waals surface area (Å²) in [6.07, 6.45) is 4.61. The zero-order valence-corrected chi connectivity index (χ0v) is 16.8. The first kappa shape index (κ1) is 20.0. The SMILES string of the molecule is Cc1cc(OCCCC(=O)NC(c2ccccc2)c2nccn2C)ccc1Cl. The van der Waals surface area contributed by atoms with Crippen LogP contribution in [0.3, 0.4) is 0 Å². The first-order valence-corrected chi connectivity index (χ1v) is 9.63. The number of carbonyl (C=O) groups excluding carboxylic acids is 1. The molecule has 28 heavy (non-hydrogen) atoms. The number of aryl methyl sites for hydroxylation is 2. The van der Waals surface area contributed by atoms with Gasteiger partial charge in [-0.1, -0.05) is 41.9 Å². The molecule has 0 spiro atoms. The van der Waals surface area contributed by atoms with Crippen LogP contribution in [0.5, 0.6) is 5.75 Å². The second-order valence-electron chi connectivity index (χ2n) is 6.67. The number of nitrogens with one attached hydrogen (secondary N) is 1. The van der Waals surface area contributed by atoms with Crippen LogP contribution in [0.2, 0.25) is 5.02 Å². The van der Waals surface area contributed by atoms with E-state index in [4.69, 9.17) is 16.3 Å². The summed E-state index contributed by atoms with van der Waals surface area (Å²) in [6, 6.07) is 15.1. The molecule has 1 heterocycles. The summed E-state index contributed by atoms with van der Waals surface area (Å²) in [4.78, 5) is 16.9. The highest BCUT2D eigenvalue weighted by Gasteiger charge is 2.20. The van der Waals surface area contributed by atoms with Gasteiger partial charge < -0.3 is 14.6 Å². The first-order valence-electron chi connectivity index (χ1n) is 9.25. The minimum Gasteiger partial charge on any atom is -0.494 e. The van der Waals surface area contributed by atoms with Crippen LogP contribution >= 0.6 is 11.6 Å². The molecule has 5 nitrogen and oxygen atoms in total. The summed E-state index contributed by atoms with van der Waals surface area (Å²) in [5.74, 6) is 1.53. The van der Waals surface area contributed by atoms with E-state index >= 15 is 0 Å². The van der Waals surface area contributed by atoms with Crippen molar-refractivity contribution in [1.29, 1.82) is 0 Å². The van der Waals surface area contributed by atoms with Gasteiger partial charge in [-0.2, -0.15) is 0 Å². The molecule has 0 aliphatic heterocycles. The number of benzene rings is 2. The third-order valence-electron chi connectivity index (χ3n) is 4.50. The highest BCUT2D eigenvalue weighted by Crippen LogP contribution is 2.22. The second kappa shape index (κ2) is 9.42. The monoisotopic (exact) mass is 397 g/mol. The highest BCUT2D eigenvalue weighted by molar-refractivity contribution is 6.31. The molecule has 1 aromatic heterocycles. The molecule has 0 fully saturated rings. The standard InChI is InChI=1S/C22H24ClN3O2/c1-16-15-18(10-11-19(16)23)28-14-6-9-20(27)25-21(17-7-4-3-5-8-17)22-24-12-13-26(22)2/h3-5,7-8,10-13,15,21H,6,9,14H2,1-2H3,(H,25,27). The van der Waals surface area contributed by atoms with Crippen LogP contribution in [-0.2, 0) is 11.8 Å². The van der Waals surface area contributed by atoms with Gasteiger partial charge in [-0.3, -0.25) is 4.79 Å². The molecule has 1 N–H and O–H groups in total. The van der Waals surface area contributed by atoms with E-state index < -0.39 is 0 Å². The number of hydrogen-bond acceptors (Lipinski definition) is 3. The van der Waals surface area contributed by atoms with Gasteiger partial charge in [0.25, 0.3) is 0 Å². The van der Waals surface area contributed by atoms with E-state index in [2.05, 4.69) is 10.3 Å². The number of hydrogen-bond donors (Lipinski definition) is 1. The van der Waals surface area contributed by atoms with Crippen molar-refractivity contribution < 1.29 is 9.53 Å². The van der Waals surface area contributed by atoms with Crippen molar-refractivity contribution in [2.75, 3.05) is 6.61 Å². The van der Waals surface area contributed by atoms with E-state index in [0.29, 0.717) is 24.5 Å². The van der Waals surface area contributed by atoms with Gasteiger partial charge in [0.2, 0.25) is 5.91 Å². The van der Waals surface area contributed by atoms with E-state index in [1.165, 1.54) is 0 Å². The maximum Gasteiger partial charge on any atom is 0.220 e. The van der Waals surface area contributed by atoms with Crippen molar-refractivity contribution in [3.8, 4) is 5.75 Å². The Labute approximate surface area is 170 Å². The number of imidazole rings is 1. The molecular formula is C22H24ClN3O2. The summed E-state index contributed by atoms with van der Waals surface area (Å²) in [5.41, 5.74) is 1.97. The second-order valence-corrected chi connectivity index (χ2v) is 7.08. The van der Waals surface area contributed by atoms with Crippen LogP contribution in [0.4, 0.5) is 0 Å². The molecule has 1 unspecified atom stereocenters. The summed E-state index contributed by atoms with van der Waals surface area (Å²) in [6.45, 7) is 2.40. The van der Waals surface area contributed by atoms with Gasteiger partial charge in [-0.25, -0.2) is 4.98 Å². The minimum atomic E-state index is -0.284. The van der Waals surface area contributed by atoms with Gasteiger partial charge in [0.1, 0.15) is 17.6 Å². The predicted molar refractivity (Wildman–Crippen MR) is 111 cm³/mol. The normalized spacial score (nSPS) is 11.8. The Hall–Kier alpha value is -2.79. The van der Waals surface area contributed by atoms with Gasteiger partial charge in [0.15, 0.2) is 0 Å². The Morgan fingerprint density at radius 3 is 2.71 bits per heavy atom. The summed E-state index contributed by atoms with van der Waals surface area (Å²) < 4.78 is 7.64. The van der Waals surface area contributed by atoms with Crippen molar-refractivity contribution in [3.05, 3.63) is 82.9 Å². The van der Waals surface area contributed by atoms with Gasteiger partial charge in [0, 0.05) is 30.9 Å². The highest BCUT2D eigenvalue weighted by atomic mass is 35.5. The molecule has 1 amide bonds. The summed E-state index contributed by atoms with van der Waals surface area (Å²) in [7, 11) is 1.92. The number of amides is 1. The van der Waals surface area contributed by atoms with Crippen LogP contribution in [-0.4, -0.2) is 22.1 Å². The van der Waals surface area contributed by atoms with Crippen LogP contribution in [0.15, 0.2) is 60.9 Å². The Morgan fingerprint density at radius 2 is 2.04 bits per heavy atom. The van der Waals surface area contributed by atoms with Crippen molar-refractivity contribution in [3.63, 3.8) is 0 Å². The van der Waals surface area contributed by atoms with E-state index in [9.17, 15) is 4.79 Å². The molecule has 0 saturated heterocycles. The average molecular weight is 398 g/mol. The fraction of sp³-hybridized carbons (Fsp3) is 0.273.